The Morgan fingerprint density at radius 1 is 1.00 bits per heavy atom. The van der Waals surface area contributed by atoms with Crippen molar-refractivity contribution in [3.63, 3.8) is 0 Å². The van der Waals surface area contributed by atoms with Crippen LogP contribution in [-0.2, 0) is 6.54 Å². The first-order valence-electron chi connectivity index (χ1n) is 9.29. The lowest BCUT2D eigenvalue weighted by Crippen LogP contribution is -2.37. The third kappa shape index (κ3) is 4.35. The molecule has 1 saturated carbocycles. The Kier molecular flexibility index (Phi) is 6.22. The molecule has 0 unspecified atom stereocenters. The van der Waals surface area contributed by atoms with Crippen LogP contribution in [0.3, 0.4) is 0 Å². The Labute approximate surface area is 160 Å². The molecule has 0 bridgehead atoms. The Balaban J connectivity index is 1.90. The highest BCUT2D eigenvalue weighted by Gasteiger charge is 2.26. The van der Waals surface area contributed by atoms with E-state index >= 15 is 0 Å². The molecule has 5 nitrogen and oxygen atoms in total. The average Bonchev–Trinajstić information content (AvgIpc) is 2.68. The van der Waals surface area contributed by atoms with Gasteiger partial charge in [-0.2, -0.15) is 0 Å². The van der Waals surface area contributed by atoms with Gasteiger partial charge in [0.25, 0.3) is 5.91 Å². The van der Waals surface area contributed by atoms with Gasteiger partial charge < -0.3 is 19.1 Å². The van der Waals surface area contributed by atoms with Crippen molar-refractivity contribution < 1.29 is 19.0 Å². The molecule has 3 rings (SSSR count). The molecule has 0 heterocycles. The Morgan fingerprint density at radius 2 is 1.63 bits per heavy atom. The molecule has 27 heavy (non-hydrogen) atoms. The third-order valence-corrected chi connectivity index (χ3v) is 5.12. The fraction of sp³-hybridized carbons (Fsp3) is 0.409. The van der Waals surface area contributed by atoms with Crippen LogP contribution < -0.4 is 14.2 Å². The van der Waals surface area contributed by atoms with E-state index in [2.05, 4.69) is 12.1 Å². The number of rotatable bonds is 8. The molecule has 1 amide bonds. The maximum absolute atomic E-state index is 13.3. The van der Waals surface area contributed by atoms with Crippen molar-refractivity contribution in [3.8, 4) is 17.2 Å². The molecule has 0 saturated heterocycles. The third-order valence-electron chi connectivity index (χ3n) is 5.12. The zero-order valence-electron chi connectivity index (χ0n) is 16.2. The second kappa shape index (κ2) is 8.80. The molecule has 1 aliphatic rings. The first-order valence-corrected chi connectivity index (χ1v) is 9.29. The van der Waals surface area contributed by atoms with E-state index < -0.39 is 0 Å². The zero-order chi connectivity index (χ0) is 19.2. The molecule has 0 N–H and O–H groups in total. The highest BCUT2D eigenvalue weighted by molar-refractivity contribution is 5.95. The summed E-state index contributed by atoms with van der Waals surface area (Å²) in [5, 5.41) is 0. The second-order valence-corrected chi connectivity index (χ2v) is 6.88. The standard InChI is InChI=1S/C22H27NO4/c1-25-19-12-18(13-20(26-2)21(19)27-3)22(24)23(15-17-10-7-11-17)14-16-8-5-4-6-9-16/h4-6,8-9,12-13,17H,7,10-11,14-15H2,1-3H3. The van der Waals surface area contributed by atoms with Crippen LogP contribution in [0, 0.1) is 5.92 Å². The van der Waals surface area contributed by atoms with E-state index in [1.165, 1.54) is 19.3 Å². The van der Waals surface area contributed by atoms with Crippen LogP contribution in [-0.4, -0.2) is 38.7 Å². The summed E-state index contributed by atoms with van der Waals surface area (Å²) in [7, 11) is 4.67. The average molecular weight is 369 g/mol. The van der Waals surface area contributed by atoms with Gasteiger partial charge in [-0.05, 0) is 36.5 Å². The Hall–Kier alpha value is -2.69. The van der Waals surface area contributed by atoms with Gasteiger partial charge in [0, 0.05) is 18.7 Å². The van der Waals surface area contributed by atoms with Crippen molar-refractivity contribution in [2.24, 2.45) is 5.92 Å². The maximum atomic E-state index is 13.3. The summed E-state index contributed by atoms with van der Waals surface area (Å²) >= 11 is 0. The summed E-state index contributed by atoms with van der Waals surface area (Å²) in [5.74, 6) is 2.03. The largest absolute Gasteiger partial charge is 0.493 e. The van der Waals surface area contributed by atoms with Gasteiger partial charge >= 0.3 is 0 Å². The van der Waals surface area contributed by atoms with E-state index in [1.807, 2.05) is 23.1 Å². The number of carbonyl (C=O) groups is 1. The lowest BCUT2D eigenvalue weighted by molar-refractivity contribution is 0.0679. The van der Waals surface area contributed by atoms with Crippen LogP contribution in [0.15, 0.2) is 42.5 Å². The molecule has 0 atom stereocenters. The van der Waals surface area contributed by atoms with E-state index in [9.17, 15) is 4.79 Å². The number of ether oxygens (including phenoxy) is 3. The molecular weight excluding hydrogens is 342 g/mol. The van der Waals surface area contributed by atoms with Crippen molar-refractivity contribution in [3.05, 3.63) is 53.6 Å². The summed E-state index contributed by atoms with van der Waals surface area (Å²) < 4.78 is 16.2. The highest BCUT2D eigenvalue weighted by atomic mass is 16.5. The summed E-state index contributed by atoms with van der Waals surface area (Å²) in [6.45, 7) is 1.36. The van der Waals surface area contributed by atoms with E-state index in [-0.39, 0.29) is 5.91 Å². The number of methoxy groups -OCH3 is 3. The molecule has 0 aromatic heterocycles. The molecule has 0 aliphatic heterocycles. The molecule has 0 spiro atoms. The summed E-state index contributed by atoms with van der Waals surface area (Å²) in [6.07, 6.45) is 3.63. The number of amides is 1. The van der Waals surface area contributed by atoms with Crippen LogP contribution in [0.2, 0.25) is 0 Å². The predicted octanol–water partition coefficient (Wildman–Crippen LogP) is 4.15. The van der Waals surface area contributed by atoms with Gasteiger partial charge in [-0.15, -0.1) is 0 Å². The number of carbonyl (C=O) groups excluding carboxylic acids is 1. The van der Waals surface area contributed by atoms with Crippen molar-refractivity contribution >= 4 is 5.91 Å². The quantitative estimate of drug-likeness (QED) is 0.701. The van der Waals surface area contributed by atoms with Crippen molar-refractivity contribution in [2.75, 3.05) is 27.9 Å². The summed E-state index contributed by atoms with van der Waals surface area (Å²) in [5.41, 5.74) is 1.66. The van der Waals surface area contributed by atoms with Crippen molar-refractivity contribution in [1.29, 1.82) is 0 Å². The van der Waals surface area contributed by atoms with Crippen LogP contribution in [0.4, 0.5) is 0 Å². The van der Waals surface area contributed by atoms with Crippen LogP contribution >= 0.6 is 0 Å². The van der Waals surface area contributed by atoms with Gasteiger partial charge in [0.1, 0.15) is 0 Å². The molecule has 1 aliphatic carbocycles. The fourth-order valence-electron chi connectivity index (χ4n) is 3.40. The molecule has 2 aromatic rings. The van der Waals surface area contributed by atoms with Gasteiger partial charge in [0.2, 0.25) is 5.75 Å². The van der Waals surface area contributed by atoms with Gasteiger partial charge in [0.15, 0.2) is 11.5 Å². The molecule has 144 valence electrons. The predicted molar refractivity (Wildman–Crippen MR) is 105 cm³/mol. The summed E-state index contributed by atoms with van der Waals surface area (Å²) in [6, 6.07) is 13.5. The van der Waals surface area contributed by atoms with Crippen LogP contribution in [0.5, 0.6) is 17.2 Å². The number of hydrogen-bond acceptors (Lipinski definition) is 4. The normalized spacial score (nSPS) is 13.6. The maximum Gasteiger partial charge on any atom is 0.254 e. The minimum Gasteiger partial charge on any atom is -0.493 e. The first-order chi connectivity index (χ1) is 13.2. The summed E-state index contributed by atoms with van der Waals surface area (Å²) in [4.78, 5) is 15.3. The minimum absolute atomic E-state index is 0.0231. The number of nitrogens with zero attached hydrogens (tertiary/aromatic N) is 1. The molecule has 2 aromatic carbocycles. The van der Waals surface area contributed by atoms with E-state index in [4.69, 9.17) is 14.2 Å². The van der Waals surface area contributed by atoms with E-state index in [0.29, 0.717) is 35.3 Å². The van der Waals surface area contributed by atoms with Crippen molar-refractivity contribution in [1.82, 2.24) is 4.90 Å². The first kappa shape index (κ1) is 19.1. The Morgan fingerprint density at radius 3 is 2.11 bits per heavy atom. The number of benzene rings is 2. The highest BCUT2D eigenvalue weighted by Crippen LogP contribution is 2.38. The van der Waals surface area contributed by atoms with Gasteiger partial charge in [0.05, 0.1) is 21.3 Å². The van der Waals surface area contributed by atoms with Gasteiger partial charge in [-0.3, -0.25) is 4.79 Å². The lowest BCUT2D eigenvalue weighted by Gasteiger charge is -2.32. The van der Waals surface area contributed by atoms with E-state index in [0.717, 1.165) is 12.1 Å². The van der Waals surface area contributed by atoms with Crippen molar-refractivity contribution in [2.45, 2.75) is 25.8 Å². The lowest BCUT2D eigenvalue weighted by atomic mass is 9.85. The molecular formula is C22H27NO4. The minimum atomic E-state index is -0.0231. The molecule has 5 heteroatoms. The second-order valence-electron chi connectivity index (χ2n) is 6.88. The topological polar surface area (TPSA) is 48.0 Å². The molecule has 1 fully saturated rings. The Bertz CT molecular complexity index is 746. The van der Waals surface area contributed by atoms with Crippen LogP contribution in [0.1, 0.15) is 35.2 Å². The fourth-order valence-corrected chi connectivity index (χ4v) is 3.40. The number of hydrogen-bond donors (Lipinski definition) is 0. The van der Waals surface area contributed by atoms with E-state index in [1.54, 1.807) is 33.5 Å². The molecule has 0 radical (unpaired) electrons. The monoisotopic (exact) mass is 369 g/mol. The van der Waals surface area contributed by atoms with Crippen LogP contribution in [0.25, 0.3) is 0 Å². The van der Waals surface area contributed by atoms with Gasteiger partial charge in [-0.25, -0.2) is 0 Å². The zero-order valence-corrected chi connectivity index (χ0v) is 16.2. The smallest absolute Gasteiger partial charge is 0.254 e. The van der Waals surface area contributed by atoms with Gasteiger partial charge in [-0.1, -0.05) is 36.8 Å². The SMILES string of the molecule is COc1cc(C(=O)N(Cc2ccccc2)CC2CCC2)cc(OC)c1OC.